The van der Waals surface area contributed by atoms with E-state index in [9.17, 15) is 0 Å². The van der Waals surface area contributed by atoms with Gasteiger partial charge in [0, 0.05) is 11.6 Å². The van der Waals surface area contributed by atoms with Crippen molar-refractivity contribution in [2.45, 2.75) is 55.2 Å². The molecule has 0 radical (unpaired) electrons. The lowest BCUT2D eigenvalue weighted by atomic mass is 9.96. The molecule has 0 aliphatic heterocycles. The molecule has 0 bridgehead atoms. The average Bonchev–Trinajstić information content (AvgIpc) is 3.31. The third-order valence-corrected chi connectivity index (χ3v) is 6.41. The topological polar surface area (TPSA) is 76.7 Å². The van der Waals surface area contributed by atoms with Gasteiger partial charge in [0.15, 0.2) is 10.2 Å². The Balaban J connectivity index is 1.32. The quantitative estimate of drug-likeness (QED) is 0.601. The van der Waals surface area contributed by atoms with Gasteiger partial charge in [-0.15, -0.1) is 10.2 Å². The van der Waals surface area contributed by atoms with E-state index in [0.717, 1.165) is 15.0 Å². The second-order valence-electron chi connectivity index (χ2n) is 6.52. The third-order valence-electron chi connectivity index (χ3n) is 4.43. The summed E-state index contributed by atoms with van der Waals surface area (Å²) >= 11 is 3.18. The molecule has 136 valence electrons. The van der Waals surface area contributed by atoms with Gasteiger partial charge in [-0.05, 0) is 31.9 Å². The van der Waals surface area contributed by atoms with Crippen molar-refractivity contribution in [1.82, 2.24) is 20.3 Å². The van der Waals surface area contributed by atoms with Crippen molar-refractivity contribution < 1.29 is 4.52 Å². The van der Waals surface area contributed by atoms with Gasteiger partial charge in [-0.3, -0.25) is 0 Å². The molecule has 8 heteroatoms. The Hall–Kier alpha value is -1.93. The first-order valence-corrected chi connectivity index (χ1v) is 10.7. The molecule has 2 aromatic heterocycles. The number of aromatic nitrogens is 4. The molecule has 3 aromatic rings. The van der Waals surface area contributed by atoms with Gasteiger partial charge in [-0.2, -0.15) is 4.98 Å². The molecule has 1 saturated carbocycles. The number of hydrogen-bond donors (Lipinski definition) is 1. The number of anilines is 1. The minimum atomic E-state index is 0.545. The van der Waals surface area contributed by atoms with E-state index in [1.807, 2.05) is 24.3 Å². The molecule has 1 aliphatic carbocycles. The maximum absolute atomic E-state index is 5.37. The summed E-state index contributed by atoms with van der Waals surface area (Å²) in [6.45, 7) is 2.05. The Morgan fingerprint density at radius 2 is 1.96 bits per heavy atom. The van der Waals surface area contributed by atoms with Crippen LogP contribution in [0.3, 0.4) is 0 Å². The molecule has 0 spiro atoms. The predicted molar refractivity (Wildman–Crippen MR) is 104 cm³/mol. The first kappa shape index (κ1) is 17.5. The summed E-state index contributed by atoms with van der Waals surface area (Å²) in [6.07, 6.45) is 6.42. The summed E-state index contributed by atoms with van der Waals surface area (Å²) in [5.74, 6) is 1.84. The van der Waals surface area contributed by atoms with E-state index in [2.05, 4.69) is 32.6 Å². The van der Waals surface area contributed by atoms with E-state index in [1.165, 1.54) is 37.7 Å². The molecule has 1 aromatic carbocycles. The van der Waals surface area contributed by atoms with Crippen LogP contribution in [0, 0.1) is 6.92 Å². The minimum absolute atomic E-state index is 0.545. The van der Waals surface area contributed by atoms with Crippen LogP contribution in [0.25, 0.3) is 11.5 Å². The van der Waals surface area contributed by atoms with Crippen molar-refractivity contribution in [1.29, 1.82) is 0 Å². The molecular weight excluding hydrogens is 366 g/mol. The van der Waals surface area contributed by atoms with Gasteiger partial charge in [0.05, 0.1) is 5.75 Å². The van der Waals surface area contributed by atoms with Gasteiger partial charge >= 0.3 is 0 Å². The summed E-state index contributed by atoms with van der Waals surface area (Å²) in [5.41, 5.74) is 2.15. The third kappa shape index (κ3) is 4.42. The predicted octanol–water partition coefficient (Wildman–Crippen LogP) is 4.93. The van der Waals surface area contributed by atoms with Crippen molar-refractivity contribution in [2.75, 3.05) is 5.32 Å². The van der Waals surface area contributed by atoms with Crippen LogP contribution in [0.5, 0.6) is 0 Å². The molecule has 0 unspecified atom stereocenters. The highest BCUT2D eigenvalue weighted by Gasteiger charge is 2.16. The monoisotopic (exact) mass is 387 g/mol. The molecule has 1 N–H and O–H groups in total. The van der Waals surface area contributed by atoms with Crippen molar-refractivity contribution in [3.8, 4) is 11.5 Å². The Kier molecular flexibility index (Phi) is 5.50. The maximum atomic E-state index is 5.37. The van der Waals surface area contributed by atoms with Gasteiger partial charge in [0.1, 0.15) is 0 Å². The van der Waals surface area contributed by atoms with Crippen LogP contribution in [0.15, 0.2) is 33.1 Å². The van der Waals surface area contributed by atoms with Gasteiger partial charge < -0.3 is 9.84 Å². The molecule has 4 rings (SSSR count). The number of hydrogen-bond acceptors (Lipinski definition) is 8. The molecule has 2 heterocycles. The number of nitrogens with zero attached hydrogens (tertiary/aromatic N) is 4. The molecule has 0 saturated heterocycles. The summed E-state index contributed by atoms with van der Waals surface area (Å²) in [5, 5.41) is 17.0. The largest absolute Gasteiger partial charge is 0.357 e. The van der Waals surface area contributed by atoms with Crippen molar-refractivity contribution in [3.05, 3.63) is 35.7 Å². The van der Waals surface area contributed by atoms with Crippen LogP contribution < -0.4 is 5.32 Å². The second-order valence-corrected chi connectivity index (χ2v) is 8.72. The highest BCUT2D eigenvalue weighted by molar-refractivity contribution is 8.00. The molecule has 0 atom stereocenters. The number of nitrogens with one attached hydrogen (secondary N) is 1. The Morgan fingerprint density at radius 1 is 1.15 bits per heavy atom. The number of thioether (sulfide) groups is 1. The molecule has 0 amide bonds. The van der Waals surface area contributed by atoms with Gasteiger partial charge in [-0.25, -0.2) is 0 Å². The fraction of sp³-hybridized carbons (Fsp3) is 0.444. The summed E-state index contributed by atoms with van der Waals surface area (Å²) in [4.78, 5) is 4.47. The van der Waals surface area contributed by atoms with Gasteiger partial charge in [0.25, 0.3) is 5.89 Å². The van der Waals surface area contributed by atoms with Gasteiger partial charge in [0.2, 0.25) is 5.13 Å². The minimum Gasteiger partial charge on any atom is -0.357 e. The van der Waals surface area contributed by atoms with E-state index in [4.69, 9.17) is 4.52 Å². The van der Waals surface area contributed by atoms with Crippen LogP contribution in [0.2, 0.25) is 0 Å². The molecular formula is C18H21N5OS2. The standard InChI is InChI=1S/C18H21N5OS2/c1-12-7-9-13(10-8-12)16-20-15(23-24-16)11-25-18-22-21-17(26-18)19-14-5-3-2-4-6-14/h7-10,14H,2-6,11H2,1H3,(H,19,21). The van der Waals surface area contributed by atoms with Crippen LogP contribution in [0.4, 0.5) is 5.13 Å². The smallest absolute Gasteiger partial charge is 0.257 e. The van der Waals surface area contributed by atoms with E-state index in [0.29, 0.717) is 23.5 Å². The lowest BCUT2D eigenvalue weighted by Crippen LogP contribution is -2.21. The van der Waals surface area contributed by atoms with Crippen LogP contribution in [-0.4, -0.2) is 26.4 Å². The lowest BCUT2D eigenvalue weighted by Gasteiger charge is -2.21. The fourth-order valence-electron chi connectivity index (χ4n) is 3.00. The van der Waals surface area contributed by atoms with E-state index >= 15 is 0 Å². The van der Waals surface area contributed by atoms with Crippen molar-refractivity contribution in [3.63, 3.8) is 0 Å². The zero-order valence-corrected chi connectivity index (χ0v) is 16.3. The first-order chi connectivity index (χ1) is 12.8. The van der Waals surface area contributed by atoms with Crippen molar-refractivity contribution in [2.24, 2.45) is 0 Å². The van der Waals surface area contributed by atoms with Gasteiger partial charge in [-0.1, -0.05) is 65.2 Å². The first-order valence-electron chi connectivity index (χ1n) is 8.89. The molecule has 1 fully saturated rings. The highest BCUT2D eigenvalue weighted by Crippen LogP contribution is 2.30. The summed E-state index contributed by atoms with van der Waals surface area (Å²) < 4.78 is 6.29. The Bertz CT molecular complexity index is 839. The Morgan fingerprint density at radius 3 is 2.77 bits per heavy atom. The van der Waals surface area contributed by atoms with E-state index < -0.39 is 0 Å². The molecule has 6 nitrogen and oxygen atoms in total. The summed E-state index contributed by atoms with van der Waals surface area (Å²) in [7, 11) is 0. The van der Waals surface area contributed by atoms with E-state index in [-0.39, 0.29) is 0 Å². The van der Waals surface area contributed by atoms with Crippen LogP contribution >= 0.6 is 23.1 Å². The van der Waals surface area contributed by atoms with Crippen LogP contribution in [0.1, 0.15) is 43.5 Å². The SMILES string of the molecule is Cc1ccc(-c2nc(CSc3nnc(NC4CCCCC4)s3)no2)cc1. The molecule has 26 heavy (non-hydrogen) atoms. The summed E-state index contributed by atoms with van der Waals surface area (Å²) in [6, 6.07) is 8.61. The molecule has 1 aliphatic rings. The number of aryl methyl sites for hydroxylation is 1. The highest BCUT2D eigenvalue weighted by atomic mass is 32.2. The number of benzene rings is 1. The number of rotatable bonds is 6. The van der Waals surface area contributed by atoms with Crippen molar-refractivity contribution >= 4 is 28.2 Å². The van der Waals surface area contributed by atoms with E-state index in [1.54, 1.807) is 23.1 Å². The van der Waals surface area contributed by atoms with Crippen LogP contribution in [-0.2, 0) is 5.75 Å². The lowest BCUT2D eigenvalue weighted by molar-refractivity contribution is 0.425. The maximum Gasteiger partial charge on any atom is 0.257 e. The zero-order valence-electron chi connectivity index (χ0n) is 14.6. The zero-order chi connectivity index (χ0) is 17.8. The average molecular weight is 388 g/mol. The Labute approximate surface area is 160 Å². The second kappa shape index (κ2) is 8.18. The fourth-order valence-corrected chi connectivity index (χ4v) is 4.67. The normalized spacial score (nSPS) is 15.3.